The molecule has 0 aromatic carbocycles. The zero-order valence-electron chi connectivity index (χ0n) is 11.9. The number of ether oxygens (including phenoxy) is 1. The second-order valence-corrected chi connectivity index (χ2v) is 5.91. The van der Waals surface area contributed by atoms with Gasteiger partial charge in [-0.15, -0.1) is 0 Å². The minimum absolute atomic E-state index is 0.0942. The lowest BCUT2D eigenvalue weighted by molar-refractivity contribution is 0.0311. The van der Waals surface area contributed by atoms with E-state index in [-0.39, 0.29) is 5.78 Å². The number of carbonyl (C=O) groups is 1. The van der Waals surface area contributed by atoms with E-state index in [9.17, 15) is 4.79 Å². The van der Waals surface area contributed by atoms with E-state index < -0.39 is 0 Å². The maximum Gasteiger partial charge on any atom is 0.184 e. The molecule has 1 aliphatic heterocycles. The minimum atomic E-state index is 0.0942. The molecule has 0 amide bonds. The van der Waals surface area contributed by atoms with Crippen molar-refractivity contribution in [1.29, 1.82) is 0 Å². The Balaban J connectivity index is 1.83. The zero-order valence-corrected chi connectivity index (χ0v) is 13.5. The highest BCUT2D eigenvalue weighted by Gasteiger charge is 2.18. The van der Waals surface area contributed by atoms with Gasteiger partial charge in [-0.1, -0.05) is 6.92 Å². The lowest BCUT2D eigenvalue weighted by atomic mass is 10.1. The number of aromatic nitrogens is 2. The van der Waals surface area contributed by atoms with Crippen LogP contribution in [0.5, 0.6) is 0 Å². The smallest absolute Gasteiger partial charge is 0.184 e. The van der Waals surface area contributed by atoms with Crippen LogP contribution in [0.2, 0.25) is 0 Å². The van der Waals surface area contributed by atoms with E-state index in [0.717, 1.165) is 43.4 Å². The standard InChI is InChI=1S/C14H22BrN3O2/c1-2-8-18-14(12(15)10-17-18)13(19)5-9-20-11-3-6-16-7-4-11/h10-11,16H,2-9H2,1H3. The van der Waals surface area contributed by atoms with Crippen molar-refractivity contribution in [3.05, 3.63) is 16.4 Å². The maximum absolute atomic E-state index is 12.3. The van der Waals surface area contributed by atoms with Crippen LogP contribution in [0.1, 0.15) is 43.1 Å². The molecule has 20 heavy (non-hydrogen) atoms. The van der Waals surface area contributed by atoms with Gasteiger partial charge in [0.2, 0.25) is 0 Å². The van der Waals surface area contributed by atoms with Gasteiger partial charge in [-0.2, -0.15) is 5.10 Å². The van der Waals surface area contributed by atoms with Crippen LogP contribution in [0.4, 0.5) is 0 Å². The van der Waals surface area contributed by atoms with E-state index in [1.165, 1.54) is 0 Å². The molecule has 0 atom stereocenters. The molecule has 1 fully saturated rings. The number of halogens is 1. The average Bonchev–Trinajstić information content (AvgIpc) is 2.81. The summed E-state index contributed by atoms with van der Waals surface area (Å²) in [6, 6.07) is 0. The van der Waals surface area contributed by atoms with Crippen LogP contribution < -0.4 is 5.32 Å². The molecule has 6 heteroatoms. The summed E-state index contributed by atoms with van der Waals surface area (Å²) in [7, 11) is 0. The Morgan fingerprint density at radius 3 is 3.00 bits per heavy atom. The first-order valence-electron chi connectivity index (χ1n) is 7.29. The minimum Gasteiger partial charge on any atom is -0.378 e. The van der Waals surface area contributed by atoms with Crippen molar-refractivity contribution in [3.8, 4) is 0 Å². The highest BCUT2D eigenvalue weighted by Crippen LogP contribution is 2.18. The molecular formula is C14H22BrN3O2. The van der Waals surface area contributed by atoms with Crippen LogP contribution in [0.3, 0.4) is 0 Å². The zero-order chi connectivity index (χ0) is 14.4. The summed E-state index contributed by atoms with van der Waals surface area (Å²) < 4.78 is 8.34. The second kappa shape index (κ2) is 7.90. The predicted molar refractivity (Wildman–Crippen MR) is 81.0 cm³/mol. The number of ketones is 1. The van der Waals surface area contributed by atoms with E-state index in [4.69, 9.17) is 4.74 Å². The fraction of sp³-hybridized carbons (Fsp3) is 0.714. The number of rotatable bonds is 7. The third kappa shape index (κ3) is 4.14. The molecule has 0 unspecified atom stereocenters. The van der Waals surface area contributed by atoms with Crippen molar-refractivity contribution in [2.45, 2.75) is 45.3 Å². The van der Waals surface area contributed by atoms with E-state index in [1.807, 2.05) is 0 Å². The first-order chi connectivity index (χ1) is 9.72. The summed E-state index contributed by atoms with van der Waals surface area (Å²) in [5.74, 6) is 0.0942. The van der Waals surface area contributed by atoms with Gasteiger partial charge in [0, 0.05) is 13.0 Å². The van der Waals surface area contributed by atoms with Gasteiger partial charge in [0.15, 0.2) is 5.78 Å². The summed E-state index contributed by atoms with van der Waals surface area (Å²) >= 11 is 3.40. The largest absolute Gasteiger partial charge is 0.378 e. The molecule has 0 saturated carbocycles. The number of Topliss-reactive ketones (excluding diaryl/α,β-unsaturated/α-hetero) is 1. The first kappa shape index (κ1) is 15.7. The lowest BCUT2D eigenvalue weighted by Gasteiger charge is -2.22. The van der Waals surface area contributed by atoms with Gasteiger partial charge >= 0.3 is 0 Å². The van der Waals surface area contributed by atoms with E-state index >= 15 is 0 Å². The number of piperidine rings is 1. The fourth-order valence-corrected chi connectivity index (χ4v) is 2.94. The molecule has 0 aliphatic carbocycles. The van der Waals surface area contributed by atoms with Gasteiger partial charge in [-0.25, -0.2) is 0 Å². The van der Waals surface area contributed by atoms with Crippen LogP contribution >= 0.6 is 15.9 Å². The van der Waals surface area contributed by atoms with Crippen molar-refractivity contribution < 1.29 is 9.53 Å². The summed E-state index contributed by atoms with van der Waals surface area (Å²) in [4.78, 5) is 12.3. The number of nitrogens with one attached hydrogen (secondary N) is 1. The summed E-state index contributed by atoms with van der Waals surface area (Å²) in [5, 5.41) is 7.52. The van der Waals surface area contributed by atoms with Crippen molar-refractivity contribution >= 4 is 21.7 Å². The molecule has 1 aromatic heterocycles. The molecule has 112 valence electrons. The van der Waals surface area contributed by atoms with Crippen molar-refractivity contribution in [2.24, 2.45) is 0 Å². The number of carbonyl (C=O) groups excluding carboxylic acids is 1. The van der Waals surface area contributed by atoms with Crippen LogP contribution in [-0.4, -0.2) is 41.4 Å². The summed E-state index contributed by atoms with van der Waals surface area (Å²) in [6.45, 7) is 5.35. The van der Waals surface area contributed by atoms with Gasteiger partial charge < -0.3 is 10.1 Å². The Labute approximate surface area is 128 Å². The van der Waals surface area contributed by atoms with Crippen LogP contribution in [0.25, 0.3) is 0 Å². The molecule has 2 heterocycles. The molecule has 1 aromatic rings. The third-order valence-corrected chi connectivity index (χ3v) is 4.04. The SMILES string of the molecule is CCCn1ncc(Br)c1C(=O)CCOC1CCNCC1. The number of aryl methyl sites for hydroxylation is 1. The second-order valence-electron chi connectivity index (χ2n) is 5.06. The number of hydrogen-bond donors (Lipinski definition) is 1. The Kier molecular flexibility index (Phi) is 6.19. The molecule has 0 spiro atoms. The normalized spacial score (nSPS) is 16.5. The number of nitrogens with zero attached hydrogens (tertiary/aromatic N) is 2. The predicted octanol–water partition coefficient (Wildman–Crippen LogP) is 2.40. The molecule has 5 nitrogen and oxygen atoms in total. The van der Waals surface area contributed by atoms with Gasteiger partial charge in [-0.05, 0) is 48.3 Å². The quantitative estimate of drug-likeness (QED) is 0.772. The Morgan fingerprint density at radius 1 is 1.55 bits per heavy atom. The highest BCUT2D eigenvalue weighted by molar-refractivity contribution is 9.10. The van der Waals surface area contributed by atoms with Crippen LogP contribution in [-0.2, 0) is 11.3 Å². The fourth-order valence-electron chi connectivity index (χ4n) is 2.42. The molecule has 0 radical (unpaired) electrons. The summed E-state index contributed by atoms with van der Waals surface area (Å²) in [5.41, 5.74) is 0.667. The molecule has 2 rings (SSSR count). The highest BCUT2D eigenvalue weighted by atomic mass is 79.9. The molecule has 0 bridgehead atoms. The van der Waals surface area contributed by atoms with Crippen molar-refractivity contribution in [2.75, 3.05) is 19.7 Å². The monoisotopic (exact) mass is 343 g/mol. The lowest BCUT2D eigenvalue weighted by Crippen LogP contribution is -2.32. The Morgan fingerprint density at radius 2 is 2.30 bits per heavy atom. The molecular weight excluding hydrogens is 322 g/mol. The van der Waals surface area contributed by atoms with E-state index in [1.54, 1.807) is 10.9 Å². The maximum atomic E-state index is 12.3. The topological polar surface area (TPSA) is 56.2 Å². The Hall–Kier alpha value is -0.720. The first-order valence-corrected chi connectivity index (χ1v) is 8.08. The molecule has 1 aliphatic rings. The summed E-state index contributed by atoms with van der Waals surface area (Å²) in [6.07, 6.45) is 5.43. The van der Waals surface area contributed by atoms with Gasteiger partial charge in [0.25, 0.3) is 0 Å². The van der Waals surface area contributed by atoms with Gasteiger partial charge in [0.1, 0.15) is 5.69 Å². The Bertz CT molecular complexity index is 442. The van der Waals surface area contributed by atoms with E-state index in [2.05, 4.69) is 33.3 Å². The molecule has 1 saturated heterocycles. The number of hydrogen-bond acceptors (Lipinski definition) is 4. The van der Waals surface area contributed by atoms with Crippen LogP contribution in [0, 0.1) is 0 Å². The van der Waals surface area contributed by atoms with Gasteiger partial charge in [-0.3, -0.25) is 9.48 Å². The average molecular weight is 344 g/mol. The van der Waals surface area contributed by atoms with Crippen molar-refractivity contribution in [1.82, 2.24) is 15.1 Å². The molecule has 1 N–H and O–H groups in total. The van der Waals surface area contributed by atoms with Crippen molar-refractivity contribution in [3.63, 3.8) is 0 Å². The van der Waals surface area contributed by atoms with Crippen LogP contribution in [0.15, 0.2) is 10.7 Å². The third-order valence-electron chi connectivity index (χ3n) is 3.46. The van der Waals surface area contributed by atoms with Gasteiger partial charge in [0.05, 0.1) is 23.4 Å². The van der Waals surface area contributed by atoms with E-state index in [0.29, 0.717) is 24.8 Å².